The number of hydrogen-bond acceptors (Lipinski definition) is 6. The second-order valence-electron chi connectivity index (χ2n) is 10.3. The zero-order valence-electron chi connectivity index (χ0n) is 24.5. The Morgan fingerprint density at radius 2 is 1.61 bits per heavy atom. The average Bonchev–Trinajstić information content (AvgIpc) is 3.01. The Morgan fingerprint density at radius 3 is 2.27 bits per heavy atom. The van der Waals surface area contributed by atoms with Crippen LogP contribution in [0.1, 0.15) is 46.8 Å². The van der Waals surface area contributed by atoms with Crippen LogP contribution in [0.2, 0.25) is 0 Å². The summed E-state index contributed by atoms with van der Waals surface area (Å²) in [5.41, 5.74) is 3.93. The SMILES string of the molecule is Cc1cc([N+](=O)[O-])ccc1NC(=O)CSc1cccc(NC(=O)/C(=C\c2ccc(C(C)C)cc2)NC(=O)c2ccccc2)c1. The van der Waals surface area contributed by atoms with Crippen molar-refractivity contribution in [3.63, 3.8) is 0 Å². The third-order valence-corrected chi connectivity index (χ3v) is 7.59. The number of nitrogens with zero attached hydrogens (tertiary/aromatic N) is 1. The lowest BCUT2D eigenvalue weighted by molar-refractivity contribution is -0.384. The van der Waals surface area contributed by atoms with E-state index in [9.17, 15) is 24.5 Å². The van der Waals surface area contributed by atoms with E-state index < -0.39 is 16.7 Å². The molecule has 3 N–H and O–H groups in total. The number of nitrogens with one attached hydrogen (secondary N) is 3. The maximum absolute atomic E-state index is 13.4. The molecule has 0 unspecified atom stereocenters. The second kappa shape index (κ2) is 14.8. The first-order valence-electron chi connectivity index (χ1n) is 13.9. The number of amides is 3. The predicted octanol–water partition coefficient (Wildman–Crippen LogP) is 7.17. The van der Waals surface area contributed by atoms with Gasteiger partial charge >= 0.3 is 0 Å². The van der Waals surface area contributed by atoms with Crippen LogP contribution in [-0.4, -0.2) is 28.4 Å². The molecule has 0 aliphatic heterocycles. The molecular weight excluding hydrogens is 576 g/mol. The summed E-state index contributed by atoms with van der Waals surface area (Å²) in [4.78, 5) is 50.2. The first-order chi connectivity index (χ1) is 21.1. The smallest absolute Gasteiger partial charge is 0.272 e. The first-order valence-corrected chi connectivity index (χ1v) is 14.8. The summed E-state index contributed by atoms with van der Waals surface area (Å²) < 4.78 is 0. The van der Waals surface area contributed by atoms with E-state index in [1.54, 1.807) is 55.5 Å². The monoisotopic (exact) mass is 608 g/mol. The van der Waals surface area contributed by atoms with E-state index in [2.05, 4.69) is 29.8 Å². The van der Waals surface area contributed by atoms with Crippen molar-refractivity contribution in [2.75, 3.05) is 16.4 Å². The maximum Gasteiger partial charge on any atom is 0.272 e. The number of hydrogen-bond donors (Lipinski definition) is 3. The van der Waals surface area contributed by atoms with Crippen LogP contribution in [-0.2, 0) is 9.59 Å². The van der Waals surface area contributed by atoms with Crippen LogP contribution in [0.5, 0.6) is 0 Å². The number of carbonyl (C=O) groups excluding carboxylic acids is 3. The normalized spacial score (nSPS) is 11.1. The van der Waals surface area contributed by atoms with Gasteiger partial charge in [-0.2, -0.15) is 0 Å². The number of carbonyl (C=O) groups is 3. The lowest BCUT2D eigenvalue weighted by Gasteiger charge is -2.13. The van der Waals surface area contributed by atoms with Crippen LogP contribution in [0.15, 0.2) is 108 Å². The number of thioether (sulfide) groups is 1. The number of aryl methyl sites for hydroxylation is 1. The van der Waals surface area contributed by atoms with Crippen molar-refractivity contribution in [1.82, 2.24) is 5.32 Å². The quantitative estimate of drug-likeness (QED) is 0.0716. The van der Waals surface area contributed by atoms with Gasteiger partial charge < -0.3 is 16.0 Å². The lowest BCUT2D eigenvalue weighted by Crippen LogP contribution is -2.30. The maximum atomic E-state index is 13.4. The molecule has 0 aliphatic carbocycles. The Labute approximate surface area is 259 Å². The molecule has 0 bridgehead atoms. The summed E-state index contributed by atoms with van der Waals surface area (Å²) in [5.74, 6) is -0.756. The molecule has 4 aromatic rings. The molecule has 3 amide bonds. The van der Waals surface area contributed by atoms with Gasteiger partial charge in [0, 0.05) is 34.0 Å². The van der Waals surface area contributed by atoms with Crippen molar-refractivity contribution >= 4 is 52.6 Å². The molecule has 0 spiro atoms. The average molecular weight is 609 g/mol. The van der Waals surface area contributed by atoms with Gasteiger partial charge in [-0.15, -0.1) is 11.8 Å². The fourth-order valence-electron chi connectivity index (χ4n) is 4.19. The minimum atomic E-state index is -0.504. The fourth-order valence-corrected chi connectivity index (χ4v) is 4.94. The summed E-state index contributed by atoms with van der Waals surface area (Å²) in [7, 11) is 0. The lowest BCUT2D eigenvalue weighted by atomic mass is 10.0. The number of anilines is 2. The van der Waals surface area contributed by atoms with E-state index in [0.29, 0.717) is 28.4 Å². The summed E-state index contributed by atoms with van der Waals surface area (Å²) in [6, 6.07) is 27.7. The molecular formula is C34H32N4O5S. The molecule has 4 aromatic carbocycles. The fraction of sp³-hybridized carbons (Fsp3) is 0.147. The summed E-state index contributed by atoms with van der Waals surface area (Å²) >= 11 is 1.27. The van der Waals surface area contributed by atoms with Gasteiger partial charge in [0.25, 0.3) is 17.5 Å². The van der Waals surface area contributed by atoms with Crippen molar-refractivity contribution in [2.45, 2.75) is 31.6 Å². The van der Waals surface area contributed by atoms with Crippen molar-refractivity contribution in [1.29, 1.82) is 0 Å². The zero-order valence-corrected chi connectivity index (χ0v) is 25.3. The highest BCUT2D eigenvalue weighted by Gasteiger charge is 2.16. The highest BCUT2D eigenvalue weighted by molar-refractivity contribution is 8.00. The molecule has 0 aromatic heterocycles. The van der Waals surface area contributed by atoms with Crippen molar-refractivity contribution in [3.05, 3.63) is 135 Å². The van der Waals surface area contributed by atoms with Crippen molar-refractivity contribution in [2.24, 2.45) is 0 Å². The minimum absolute atomic E-state index is 0.0459. The van der Waals surface area contributed by atoms with Crippen molar-refractivity contribution in [3.8, 4) is 0 Å². The Morgan fingerprint density at radius 1 is 0.886 bits per heavy atom. The predicted molar refractivity (Wildman–Crippen MR) is 175 cm³/mol. The van der Waals surface area contributed by atoms with Crippen LogP contribution in [0.25, 0.3) is 6.08 Å². The summed E-state index contributed by atoms with van der Waals surface area (Å²) in [5, 5.41) is 19.3. The molecule has 224 valence electrons. The van der Waals surface area contributed by atoms with E-state index in [1.165, 1.54) is 30.0 Å². The number of rotatable bonds is 11. The van der Waals surface area contributed by atoms with Gasteiger partial charge in [-0.25, -0.2) is 0 Å². The molecule has 44 heavy (non-hydrogen) atoms. The Balaban J connectivity index is 1.45. The molecule has 0 saturated heterocycles. The molecule has 0 aliphatic rings. The number of nitro benzene ring substituents is 1. The molecule has 0 saturated carbocycles. The van der Waals surface area contributed by atoms with Crippen molar-refractivity contribution < 1.29 is 19.3 Å². The molecule has 0 fully saturated rings. The van der Waals surface area contributed by atoms with Gasteiger partial charge in [0.2, 0.25) is 5.91 Å². The van der Waals surface area contributed by atoms with E-state index in [0.717, 1.165) is 16.0 Å². The van der Waals surface area contributed by atoms with Crippen LogP contribution < -0.4 is 16.0 Å². The Kier molecular flexibility index (Phi) is 10.7. The van der Waals surface area contributed by atoms with Gasteiger partial charge in [0.15, 0.2) is 0 Å². The van der Waals surface area contributed by atoms with Crippen LogP contribution in [0.4, 0.5) is 17.1 Å². The standard InChI is InChI=1S/C34H32N4O5S/c1-22(2)25-14-12-24(13-15-25)19-31(37-33(40)26-8-5-4-6-9-26)34(41)35-27-10-7-11-29(20-27)44-21-32(39)36-30-17-16-28(38(42)43)18-23(30)3/h4-20,22H,21H2,1-3H3,(H,35,41)(H,36,39)(H,37,40)/b31-19+. The third kappa shape index (κ3) is 8.89. The minimum Gasteiger partial charge on any atom is -0.325 e. The largest absolute Gasteiger partial charge is 0.325 e. The van der Waals surface area contributed by atoms with Gasteiger partial charge in [-0.1, -0.05) is 62.4 Å². The Bertz CT molecular complexity index is 1700. The number of non-ortho nitro benzene ring substituents is 1. The van der Waals surface area contributed by atoms with Crippen LogP contribution in [0, 0.1) is 17.0 Å². The molecule has 10 heteroatoms. The van der Waals surface area contributed by atoms with E-state index >= 15 is 0 Å². The van der Waals surface area contributed by atoms with Crippen LogP contribution >= 0.6 is 11.8 Å². The molecule has 9 nitrogen and oxygen atoms in total. The van der Waals surface area contributed by atoms with Gasteiger partial charge in [-0.05, 0) is 72.0 Å². The molecule has 0 atom stereocenters. The van der Waals surface area contributed by atoms with Gasteiger partial charge in [-0.3, -0.25) is 24.5 Å². The van der Waals surface area contributed by atoms with Gasteiger partial charge in [0.05, 0.1) is 10.7 Å². The first kappa shape index (κ1) is 31.7. The number of nitro groups is 1. The molecule has 4 rings (SSSR count). The zero-order chi connectivity index (χ0) is 31.6. The summed E-state index contributed by atoms with van der Waals surface area (Å²) in [6.07, 6.45) is 1.63. The van der Waals surface area contributed by atoms with Crippen LogP contribution in [0.3, 0.4) is 0 Å². The topological polar surface area (TPSA) is 130 Å². The third-order valence-electron chi connectivity index (χ3n) is 6.60. The molecule has 0 radical (unpaired) electrons. The van der Waals surface area contributed by atoms with E-state index in [4.69, 9.17) is 0 Å². The Hall–Kier alpha value is -5.22. The van der Waals surface area contributed by atoms with E-state index in [-0.39, 0.29) is 23.0 Å². The second-order valence-corrected chi connectivity index (χ2v) is 11.3. The molecule has 0 heterocycles. The summed E-state index contributed by atoms with van der Waals surface area (Å²) in [6.45, 7) is 5.89. The highest BCUT2D eigenvalue weighted by atomic mass is 32.2. The highest BCUT2D eigenvalue weighted by Crippen LogP contribution is 2.25. The van der Waals surface area contributed by atoms with Gasteiger partial charge in [0.1, 0.15) is 5.70 Å². The van der Waals surface area contributed by atoms with E-state index in [1.807, 2.05) is 36.4 Å². The number of benzene rings is 4.